The Bertz CT molecular complexity index is 342. The molecule has 0 aliphatic carbocycles. The Morgan fingerprint density at radius 1 is 1.67 bits per heavy atom. The molecule has 6 heteroatoms. The van der Waals surface area contributed by atoms with E-state index in [0.29, 0.717) is 13.2 Å². The average Bonchev–Trinajstić information content (AvgIpc) is 2.54. The highest BCUT2D eigenvalue weighted by atomic mass is 79.9. The topological polar surface area (TPSA) is 45.0 Å². The van der Waals surface area contributed by atoms with Gasteiger partial charge in [-0.3, -0.25) is 5.32 Å². The van der Waals surface area contributed by atoms with E-state index in [0.717, 1.165) is 13.1 Å². The van der Waals surface area contributed by atoms with Gasteiger partial charge in [0.05, 0.1) is 16.5 Å². The first-order valence-electron chi connectivity index (χ1n) is 4.25. The van der Waals surface area contributed by atoms with E-state index in [1.165, 1.54) is 0 Å². The maximum absolute atomic E-state index is 9.00. The summed E-state index contributed by atoms with van der Waals surface area (Å²) in [6.45, 7) is 1.27. The van der Waals surface area contributed by atoms with Gasteiger partial charge in [0.25, 0.3) is 0 Å². The molecule has 15 heavy (non-hydrogen) atoms. The van der Waals surface area contributed by atoms with Gasteiger partial charge in [0.1, 0.15) is 6.04 Å². The number of halogens is 2. The van der Waals surface area contributed by atoms with Gasteiger partial charge in [-0.25, -0.2) is 0 Å². The van der Waals surface area contributed by atoms with Crippen LogP contribution in [0.2, 0.25) is 0 Å². The molecule has 0 aliphatic heterocycles. The van der Waals surface area contributed by atoms with Crippen LogP contribution in [0.5, 0.6) is 0 Å². The summed E-state index contributed by atoms with van der Waals surface area (Å²) < 4.78 is 6.90. The smallest absolute Gasteiger partial charge is 0.130 e. The van der Waals surface area contributed by atoms with E-state index in [4.69, 9.17) is 10.00 Å². The molecule has 1 unspecified atom stereocenters. The van der Waals surface area contributed by atoms with Gasteiger partial charge in [0.15, 0.2) is 0 Å². The largest absolute Gasteiger partial charge is 0.383 e. The highest BCUT2D eigenvalue weighted by Gasteiger charge is 2.14. The number of rotatable bonds is 5. The Morgan fingerprint density at radius 2 is 2.40 bits per heavy atom. The van der Waals surface area contributed by atoms with Gasteiger partial charge in [0, 0.05) is 23.0 Å². The van der Waals surface area contributed by atoms with Crippen molar-refractivity contribution in [3.63, 3.8) is 0 Å². The Labute approximate surface area is 110 Å². The maximum Gasteiger partial charge on any atom is 0.130 e. The summed E-state index contributed by atoms with van der Waals surface area (Å²) >= 11 is 8.35. The third-order valence-electron chi connectivity index (χ3n) is 1.73. The van der Waals surface area contributed by atoms with E-state index in [1.54, 1.807) is 18.4 Å². The number of methoxy groups -OCH3 is 1. The van der Waals surface area contributed by atoms with Crippen LogP contribution in [0.4, 0.5) is 0 Å². The van der Waals surface area contributed by atoms with Crippen molar-refractivity contribution in [2.24, 2.45) is 0 Å². The number of nitriles is 1. The van der Waals surface area contributed by atoms with Crippen LogP contribution < -0.4 is 5.32 Å². The monoisotopic (exact) mass is 352 g/mol. The molecule has 1 rings (SSSR count). The Kier molecular flexibility index (Phi) is 5.79. The number of thiophene rings is 1. The van der Waals surface area contributed by atoms with E-state index in [1.807, 2.05) is 6.07 Å². The fraction of sp³-hybridized carbons (Fsp3) is 0.444. The van der Waals surface area contributed by atoms with Crippen LogP contribution in [-0.2, 0) is 4.74 Å². The molecule has 1 aromatic heterocycles. The molecule has 0 fully saturated rings. The third-order valence-corrected chi connectivity index (χ3v) is 5.05. The third kappa shape index (κ3) is 3.85. The molecule has 0 radical (unpaired) electrons. The Morgan fingerprint density at radius 3 is 2.87 bits per heavy atom. The van der Waals surface area contributed by atoms with Gasteiger partial charge in [-0.15, -0.1) is 11.3 Å². The highest BCUT2D eigenvalue weighted by molar-refractivity contribution is 9.13. The second-order valence-corrected chi connectivity index (χ2v) is 6.04. The van der Waals surface area contributed by atoms with Crippen LogP contribution in [0.3, 0.4) is 0 Å². The number of nitrogens with zero attached hydrogens (tertiary/aromatic N) is 1. The summed E-state index contributed by atoms with van der Waals surface area (Å²) in [5.41, 5.74) is 0. The molecule has 0 bridgehead atoms. The highest BCUT2D eigenvalue weighted by Crippen LogP contribution is 2.35. The zero-order valence-electron chi connectivity index (χ0n) is 8.09. The van der Waals surface area contributed by atoms with Crippen molar-refractivity contribution in [2.45, 2.75) is 6.04 Å². The predicted octanol–water partition coefficient (Wildman–Crippen LogP) is 3.07. The molecule has 1 N–H and O–H groups in total. The molecule has 1 atom stereocenters. The molecule has 0 aromatic carbocycles. The zero-order chi connectivity index (χ0) is 11.3. The molecule has 0 saturated carbocycles. The number of hydrogen-bond acceptors (Lipinski definition) is 4. The van der Waals surface area contributed by atoms with Crippen molar-refractivity contribution in [1.82, 2.24) is 5.32 Å². The Balaban J connectivity index is 2.63. The first-order valence-corrected chi connectivity index (χ1v) is 6.66. The van der Waals surface area contributed by atoms with Crippen molar-refractivity contribution >= 4 is 43.2 Å². The first-order chi connectivity index (χ1) is 7.19. The zero-order valence-corrected chi connectivity index (χ0v) is 12.1. The number of hydrogen-bond donors (Lipinski definition) is 1. The summed E-state index contributed by atoms with van der Waals surface area (Å²) in [6.07, 6.45) is 0. The van der Waals surface area contributed by atoms with Gasteiger partial charge >= 0.3 is 0 Å². The minimum atomic E-state index is -0.271. The maximum atomic E-state index is 9.00. The molecule has 0 spiro atoms. The number of nitrogens with one attached hydrogen (secondary N) is 1. The van der Waals surface area contributed by atoms with Crippen LogP contribution in [-0.4, -0.2) is 20.3 Å². The fourth-order valence-corrected chi connectivity index (χ4v) is 3.13. The van der Waals surface area contributed by atoms with Crippen molar-refractivity contribution in [2.75, 3.05) is 20.3 Å². The summed E-state index contributed by atoms with van der Waals surface area (Å²) in [7, 11) is 1.64. The molecule has 3 nitrogen and oxygen atoms in total. The van der Waals surface area contributed by atoms with Gasteiger partial charge in [-0.2, -0.15) is 5.26 Å². The second kappa shape index (κ2) is 6.61. The SMILES string of the molecule is COCCNC(C#N)c1cc(Br)c(Br)s1. The summed E-state index contributed by atoms with van der Waals surface area (Å²) in [4.78, 5) is 0.993. The van der Waals surface area contributed by atoms with E-state index in [9.17, 15) is 0 Å². The first kappa shape index (κ1) is 13.1. The molecular formula is C9H10Br2N2OS. The molecule has 0 saturated heterocycles. The van der Waals surface area contributed by atoms with Crippen LogP contribution >= 0.6 is 43.2 Å². The minimum absolute atomic E-state index is 0.271. The van der Waals surface area contributed by atoms with Crippen molar-refractivity contribution in [3.8, 4) is 6.07 Å². The van der Waals surface area contributed by atoms with Gasteiger partial charge in [-0.05, 0) is 37.9 Å². The lowest BCUT2D eigenvalue weighted by molar-refractivity contribution is 0.198. The molecular weight excluding hydrogens is 344 g/mol. The summed E-state index contributed by atoms with van der Waals surface area (Å²) in [5, 5.41) is 12.1. The summed E-state index contributed by atoms with van der Waals surface area (Å²) in [6, 6.07) is 3.90. The fourth-order valence-electron chi connectivity index (χ4n) is 1.02. The number of ether oxygens (including phenoxy) is 1. The molecule has 1 heterocycles. The normalized spacial score (nSPS) is 12.4. The quantitative estimate of drug-likeness (QED) is 0.827. The summed E-state index contributed by atoms with van der Waals surface area (Å²) in [5.74, 6) is 0. The molecule has 0 aliphatic rings. The lowest BCUT2D eigenvalue weighted by Crippen LogP contribution is -2.23. The van der Waals surface area contributed by atoms with E-state index >= 15 is 0 Å². The van der Waals surface area contributed by atoms with Crippen LogP contribution in [0.25, 0.3) is 0 Å². The van der Waals surface area contributed by atoms with Gasteiger partial charge in [-0.1, -0.05) is 0 Å². The van der Waals surface area contributed by atoms with E-state index in [-0.39, 0.29) is 6.04 Å². The molecule has 0 amide bonds. The van der Waals surface area contributed by atoms with E-state index in [2.05, 4.69) is 43.2 Å². The van der Waals surface area contributed by atoms with Crippen molar-refractivity contribution in [1.29, 1.82) is 5.26 Å². The predicted molar refractivity (Wildman–Crippen MR) is 68.0 cm³/mol. The lowest BCUT2D eigenvalue weighted by Gasteiger charge is -2.08. The van der Waals surface area contributed by atoms with Crippen molar-refractivity contribution < 1.29 is 4.74 Å². The van der Waals surface area contributed by atoms with Crippen LogP contribution in [0.15, 0.2) is 14.3 Å². The average molecular weight is 354 g/mol. The van der Waals surface area contributed by atoms with Crippen molar-refractivity contribution in [3.05, 3.63) is 19.2 Å². The molecule has 1 aromatic rings. The minimum Gasteiger partial charge on any atom is -0.383 e. The van der Waals surface area contributed by atoms with E-state index < -0.39 is 0 Å². The standard InChI is InChI=1S/C9H10Br2N2OS/c1-14-3-2-13-7(5-12)8-4-6(10)9(11)15-8/h4,7,13H,2-3H2,1H3. The second-order valence-electron chi connectivity index (χ2n) is 2.78. The van der Waals surface area contributed by atoms with Crippen LogP contribution in [0.1, 0.15) is 10.9 Å². The van der Waals surface area contributed by atoms with Gasteiger partial charge in [0.2, 0.25) is 0 Å². The van der Waals surface area contributed by atoms with Crippen LogP contribution in [0, 0.1) is 11.3 Å². The Hall–Kier alpha value is 0.0700. The lowest BCUT2D eigenvalue weighted by atomic mass is 10.2. The van der Waals surface area contributed by atoms with Gasteiger partial charge < -0.3 is 4.74 Å². The molecule has 82 valence electrons.